The van der Waals surface area contributed by atoms with Gasteiger partial charge in [-0.25, -0.2) is 0 Å². The van der Waals surface area contributed by atoms with Crippen LogP contribution in [0.1, 0.15) is 36.2 Å². The fourth-order valence-corrected chi connectivity index (χ4v) is 5.31. The van der Waals surface area contributed by atoms with Crippen LogP contribution in [0.25, 0.3) is 10.9 Å². The second-order valence-corrected chi connectivity index (χ2v) is 9.48. The van der Waals surface area contributed by atoms with Crippen LogP contribution >= 0.6 is 0 Å². The van der Waals surface area contributed by atoms with Crippen molar-refractivity contribution in [3.05, 3.63) is 47.4 Å². The van der Waals surface area contributed by atoms with Crippen LogP contribution < -0.4 is 5.32 Å². The van der Waals surface area contributed by atoms with Crippen LogP contribution in [0.4, 0.5) is 23.2 Å². The summed E-state index contributed by atoms with van der Waals surface area (Å²) in [6.07, 6.45) is -0.257. The SMILES string of the molecule is C[C@@H]1Cc2c(c(O)cc3[nH]ncc23)[C@@H](c2ccc(NC3CN(CCCF)C3)cn2)N1CC(F)(F)F. The Morgan fingerprint density at radius 1 is 1.23 bits per heavy atom. The van der Waals surface area contributed by atoms with Gasteiger partial charge in [-0.2, -0.15) is 18.3 Å². The van der Waals surface area contributed by atoms with E-state index in [-0.39, 0.29) is 18.5 Å². The van der Waals surface area contributed by atoms with Gasteiger partial charge in [-0.1, -0.05) is 0 Å². The highest BCUT2D eigenvalue weighted by Gasteiger charge is 2.43. The zero-order valence-corrected chi connectivity index (χ0v) is 19.3. The second kappa shape index (κ2) is 9.27. The predicted molar refractivity (Wildman–Crippen MR) is 124 cm³/mol. The minimum Gasteiger partial charge on any atom is -0.508 e. The number of benzene rings is 1. The quantitative estimate of drug-likeness (QED) is 0.433. The first-order valence-corrected chi connectivity index (χ1v) is 11.7. The molecule has 1 aromatic carbocycles. The van der Waals surface area contributed by atoms with Crippen molar-refractivity contribution in [1.29, 1.82) is 0 Å². The molecule has 11 heteroatoms. The van der Waals surface area contributed by atoms with Crippen molar-refractivity contribution >= 4 is 16.6 Å². The van der Waals surface area contributed by atoms with Gasteiger partial charge in [-0.15, -0.1) is 0 Å². The van der Waals surface area contributed by atoms with Gasteiger partial charge in [0.2, 0.25) is 0 Å². The van der Waals surface area contributed by atoms with Gasteiger partial charge >= 0.3 is 6.18 Å². The molecule has 35 heavy (non-hydrogen) atoms. The summed E-state index contributed by atoms with van der Waals surface area (Å²) in [6, 6.07) is 3.97. The molecule has 0 aliphatic carbocycles. The number of phenols is 1. The van der Waals surface area contributed by atoms with E-state index in [1.807, 2.05) is 6.07 Å². The van der Waals surface area contributed by atoms with Crippen molar-refractivity contribution < 1.29 is 22.7 Å². The molecule has 188 valence electrons. The highest BCUT2D eigenvalue weighted by molar-refractivity contribution is 5.86. The number of H-pyrrole nitrogens is 1. The Kier molecular flexibility index (Phi) is 6.30. The number of phenolic OH excluding ortho intramolecular Hbond substituents is 1. The second-order valence-electron chi connectivity index (χ2n) is 9.48. The Labute approximate surface area is 200 Å². The van der Waals surface area contributed by atoms with E-state index in [2.05, 4.69) is 25.4 Å². The minimum atomic E-state index is -4.40. The van der Waals surface area contributed by atoms with Crippen molar-refractivity contribution in [3.8, 4) is 5.75 Å². The van der Waals surface area contributed by atoms with Crippen molar-refractivity contribution in [3.63, 3.8) is 0 Å². The van der Waals surface area contributed by atoms with E-state index in [1.54, 1.807) is 25.4 Å². The number of aromatic nitrogens is 3. The molecule has 5 rings (SSSR count). The Bertz CT molecular complexity index is 1180. The monoisotopic (exact) mass is 492 g/mol. The maximum atomic E-state index is 13.6. The molecule has 0 bridgehead atoms. The molecule has 3 aromatic rings. The zero-order valence-electron chi connectivity index (χ0n) is 19.3. The van der Waals surface area contributed by atoms with Crippen LogP contribution in [0.3, 0.4) is 0 Å². The molecule has 2 atom stereocenters. The number of aromatic amines is 1. The number of likely N-dealkylation sites (tertiary alicyclic amines) is 1. The molecule has 0 amide bonds. The van der Waals surface area contributed by atoms with Crippen LogP contribution in [0, 0.1) is 0 Å². The van der Waals surface area contributed by atoms with Crippen molar-refractivity contribution in [1.82, 2.24) is 25.0 Å². The van der Waals surface area contributed by atoms with E-state index < -0.39 is 24.8 Å². The molecule has 1 saturated heterocycles. The molecule has 2 aliphatic rings. The van der Waals surface area contributed by atoms with Gasteiger partial charge in [0, 0.05) is 42.7 Å². The van der Waals surface area contributed by atoms with E-state index >= 15 is 0 Å². The molecule has 0 unspecified atom stereocenters. The molecule has 2 aromatic heterocycles. The van der Waals surface area contributed by atoms with Crippen LogP contribution in [0.5, 0.6) is 5.75 Å². The van der Waals surface area contributed by atoms with Crippen LogP contribution in [-0.2, 0) is 6.42 Å². The van der Waals surface area contributed by atoms with Gasteiger partial charge < -0.3 is 10.4 Å². The molecule has 4 heterocycles. The Morgan fingerprint density at radius 2 is 2.03 bits per heavy atom. The lowest BCUT2D eigenvalue weighted by molar-refractivity contribution is -0.155. The van der Waals surface area contributed by atoms with Crippen LogP contribution in [0.15, 0.2) is 30.6 Å². The highest BCUT2D eigenvalue weighted by Crippen LogP contribution is 2.45. The number of pyridine rings is 1. The van der Waals surface area contributed by atoms with Gasteiger partial charge in [-0.3, -0.25) is 24.3 Å². The van der Waals surface area contributed by atoms with Gasteiger partial charge in [-0.05, 0) is 37.5 Å². The van der Waals surface area contributed by atoms with E-state index in [9.17, 15) is 22.7 Å². The van der Waals surface area contributed by atoms with Crippen molar-refractivity contribution in [2.24, 2.45) is 0 Å². The molecule has 3 N–H and O–H groups in total. The lowest BCUT2D eigenvalue weighted by atomic mass is 9.84. The number of rotatable bonds is 7. The van der Waals surface area contributed by atoms with E-state index in [0.29, 0.717) is 29.6 Å². The summed E-state index contributed by atoms with van der Waals surface area (Å²) in [7, 11) is 0. The van der Waals surface area contributed by atoms with Gasteiger partial charge in [0.15, 0.2) is 0 Å². The number of halogens is 4. The smallest absolute Gasteiger partial charge is 0.401 e. The summed E-state index contributed by atoms with van der Waals surface area (Å²) in [5.41, 5.74) is 3.08. The van der Waals surface area contributed by atoms with Crippen molar-refractivity contribution in [2.75, 3.05) is 38.2 Å². The molecule has 7 nitrogen and oxygen atoms in total. The lowest BCUT2D eigenvalue weighted by Crippen LogP contribution is -2.54. The van der Waals surface area contributed by atoms with E-state index in [4.69, 9.17) is 0 Å². The summed E-state index contributed by atoms with van der Waals surface area (Å²) in [6.45, 7) is 2.67. The Hall–Kier alpha value is -2.92. The first-order chi connectivity index (χ1) is 16.7. The topological polar surface area (TPSA) is 80.3 Å². The number of nitrogens with zero attached hydrogens (tertiary/aromatic N) is 4. The molecular formula is C24H28F4N6O. The minimum absolute atomic E-state index is 0.0762. The molecule has 1 fully saturated rings. The molecule has 0 radical (unpaired) electrons. The summed E-state index contributed by atoms with van der Waals surface area (Å²) >= 11 is 0. The van der Waals surface area contributed by atoms with Gasteiger partial charge in [0.05, 0.1) is 54.6 Å². The summed E-state index contributed by atoms with van der Waals surface area (Å²) in [5, 5.41) is 21.9. The van der Waals surface area contributed by atoms with Crippen LogP contribution in [-0.4, -0.2) is 81.2 Å². The maximum absolute atomic E-state index is 13.6. The number of nitrogens with one attached hydrogen (secondary N) is 2. The number of anilines is 1. The third kappa shape index (κ3) is 4.79. The number of alkyl halides is 4. The largest absolute Gasteiger partial charge is 0.508 e. The summed E-state index contributed by atoms with van der Waals surface area (Å²) in [4.78, 5) is 8.06. The van der Waals surface area contributed by atoms with Crippen molar-refractivity contribution in [2.45, 2.75) is 44.1 Å². The van der Waals surface area contributed by atoms with Crippen LogP contribution in [0.2, 0.25) is 0 Å². The Balaban J connectivity index is 1.44. The fourth-order valence-electron chi connectivity index (χ4n) is 5.31. The predicted octanol–water partition coefficient (Wildman–Crippen LogP) is 4.02. The molecule has 0 saturated carbocycles. The fraction of sp³-hybridized carbons (Fsp3) is 0.500. The lowest BCUT2D eigenvalue weighted by Gasteiger charge is -2.42. The standard InChI is InChI=1S/C24H28F4N6O/c1-14-7-17-18-10-30-32-20(18)8-21(35)22(17)23(34(14)13-24(26,27)28)19-4-3-15(9-29-19)31-16-11-33(12-16)6-2-5-25/h3-4,8-10,14,16,23,31,35H,2,5-7,11-13H2,1H3,(H,30,32)/t14-,23-/m1/s1. The third-order valence-electron chi connectivity index (χ3n) is 6.91. The molecule has 2 aliphatic heterocycles. The number of fused-ring (bicyclic) bond motifs is 3. The normalized spacial score (nSPS) is 21.7. The first-order valence-electron chi connectivity index (χ1n) is 11.7. The summed E-state index contributed by atoms with van der Waals surface area (Å²) in [5.74, 6) is -0.0762. The number of aromatic hydroxyl groups is 1. The number of hydrogen-bond acceptors (Lipinski definition) is 6. The van der Waals surface area contributed by atoms with E-state index in [0.717, 1.165) is 36.3 Å². The van der Waals surface area contributed by atoms with Gasteiger partial charge in [0.25, 0.3) is 0 Å². The van der Waals surface area contributed by atoms with Gasteiger partial charge in [0.1, 0.15) is 5.75 Å². The average molecular weight is 493 g/mol. The summed E-state index contributed by atoms with van der Waals surface area (Å²) < 4.78 is 53.0. The molecular weight excluding hydrogens is 464 g/mol. The first kappa shape index (κ1) is 23.8. The maximum Gasteiger partial charge on any atom is 0.401 e. The third-order valence-corrected chi connectivity index (χ3v) is 6.91. The number of hydrogen-bond donors (Lipinski definition) is 3. The zero-order chi connectivity index (χ0) is 24.7. The Morgan fingerprint density at radius 3 is 2.71 bits per heavy atom. The highest BCUT2D eigenvalue weighted by atomic mass is 19.4. The average Bonchev–Trinajstić information content (AvgIpc) is 3.24. The van der Waals surface area contributed by atoms with E-state index in [1.165, 1.54) is 11.0 Å². The molecule has 0 spiro atoms.